The van der Waals surface area contributed by atoms with Crippen LogP contribution in [0.4, 0.5) is 0 Å². The summed E-state index contributed by atoms with van der Waals surface area (Å²) in [6, 6.07) is 2.51. The van der Waals surface area contributed by atoms with Gasteiger partial charge in [-0.15, -0.1) is 0 Å². The van der Waals surface area contributed by atoms with Crippen LogP contribution in [0.5, 0.6) is 0 Å². The van der Waals surface area contributed by atoms with Crippen molar-refractivity contribution in [1.82, 2.24) is 4.57 Å². The van der Waals surface area contributed by atoms with Gasteiger partial charge >= 0.3 is 0 Å². The minimum Gasteiger partial charge on any atom is -0.348 e. The van der Waals surface area contributed by atoms with Gasteiger partial charge in [-0.25, -0.2) is 0 Å². The van der Waals surface area contributed by atoms with E-state index in [1.54, 1.807) is 0 Å². The summed E-state index contributed by atoms with van der Waals surface area (Å²) in [5.41, 5.74) is 2.23. The van der Waals surface area contributed by atoms with Crippen LogP contribution in [-0.2, 0) is 6.42 Å². The molecule has 0 saturated heterocycles. The summed E-state index contributed by atoms with van der Waals surface area (Å²) in [6.45, 7) is 4.39. The van der Waals surface area contributed by atoms with Crippen LogP contribution in [0, 0.1) is 0 Å². The normalized spacial score (nSPS) is 18.0. The topological polar surface area (TPSA) is 22.0 Å². The highest BCUT2D eigenvalue weighted by Crippen LogP contribution is 2.25. The average molecular weight is 191 g/mol. The molecule has 2 heteroatoms. The number of carbonyl (C=O) groups is 1. The van der Waals surface area contributed by atoms with Crippen LogP contribution in [0.2, 0.25) is 0 Å². The van der Waals surface area contributed by atoms with Crippen molar-refractivity contribution in [3.8, 4) is 0 Å². The highest BCUT2D eigenvalue weighted by Gasteiger charge is 2.21. The Morgan fingerprint density at radius 3 is 3.00 bits per heavy atom. The number of hydrogen-bond acceptors (Lipinski definition) is 1. The predicted octanol–water partition coefficient (Wildman–Crippen LogP) is 2.98. The number of rotatable bonds is 2. The standard InChI is InChI=1S/C12H17NO/c1-3-9(2)13-8-7-10-11(13)5-4-6-12(10)14/h7-9H,3-6H2,1-2H3. The van der Waals surface area contributed by atoms with Crippen LogP contribution in [0.25, 0.3) is 0 Å². The molecule has 0 spiro atoms. The van der Waals surface area contributed by atoms with Gasteiger partial charge in [-0.2, -0.15) is 0 Å². The summed E-state index contributed by atoms with van der Waals surface area (Å²) >= 11 is 0. The molecular formula is C12H17NO. The third kappa shape index (κ3) is 1.39. The zero-order valence-electron chi connectivity index (χ0n) is 8.92. The summed E-state index contributed by atoms with van der Waals surface area (Å²) in [5.74, 6) is 0.327. The second-order valence-corrected chi connectivity index (χ2v) is 4.12. The number of aromatic nitrogens is 1. The smallest absolute Gasteiger partial charge is 0.164 e. The summed E-state index contributed by atoms with van der Waals surface area (Å²) in [5, 5.41) is 0. The Morgan fingerprint density at radius 1 is 1.50 bits per heavy atom. The molecule has 0 N–H and O–H groups in total. The maximum Gasteiger partial charge on any atom is 0.164 e. The maximum atomic E-state index is 11.6. The van der Waals surface area contributed by atoms with Gasteiger partial charge in [0.25, 0.3) is 0 Å². The van der Waals surface area contributed by atoms with Crippen LogP contribution >= 0.6 is 0 Å². The fraction of sp³-hybridized carbons (Fsp3) is 0.583. The second kappa shape index (κ2) is 3.60. The Balaban J connectivity index is 2.40. The fourth-order valence-electron chi connectivity index (χ4n) is 2.16. The summed E-state index contributed by atoms with van der Waals surface area (Å²) in [6.07, 6.45) is 6.01. The highest BCUT2D eigenvalue weighted by atomic mass is 16.1. The van der Waals surface area contributed by atoms with Crippen LogP contribution in [-0.4, -0.2) is 10.4 Å². The number of nitrogens with zero attached hydrogens (tertiary/aromatic N) is 1. The number of hydrogen-bond donors (Lipinski definition) is 0. The lowest BCUT2D eigenvalue weighted by molar-refractivity contribution is 0.0971. The Labute approximate surface area is 84.9 Å². The van der Waals surface area contributed by atoms with Gasteiger partial charge in [0, 0.05) is 29.9 Å². The summed E-state index contributed by atoms with van der Waals surface area (Å²) < 4.78 is 2.27. The first-order chi connectivity index (χ1) is 6.74. The number of carbonyl (C=O) groups excluding carboxylic acids is 1. The molecule has 0 radical (unpaired) electrons. The van der Waals surface area contributed by atoms with Gasteiger partial charge in [-0.3, -0.25) is 4.79 Å². The lowest BCUT2D eigenvalue weighted by Crippen LogP contribution is -2.14. The van der Waals surface area contributed by atoms with Crippen molar-refractivity contribution < 1.29 is 4.79 Å². The molecule has 0 amide bonds. The monoisotopic (exact) mass is 191 g/mol. The molecule has 2 rings (SSSR count). The molecule has 0 bridgehead atoms. The van der Waals surface area contributed by atoms with E-state index >= 15 is 0 Å². The average Bonchev–Trinajstić information content (AvgIpc) is 2.62. The van der Waals surface area contributed by atoms with Crippen LogP contribution in [0.3, 0.4) is 0 Å². The van der Waals surface area contributed by atoms with Gasteiger partial charge in [0.15, 0.2) is 5.78 Å². The Morgan fingerprint density at radius 2 is 2.29 bits per heavy atom. The molecule has 1 heterocycles. The second-order valence-electron chi connectivity index (χ2n) is 4.12. The van der Waals surface area contributed by atoms with E-state index in [1.165, 1.54) is 5.69 Å². The van der Waals surface area contributed by atoms with Crippen molar-refractivity contribution in [2.75, 3.05) is 0 Å². The van der Waals surface area contributed by atoms with Crippen molar-refractivity contribution in [3.63, 3.8) is 0 Å². The molecule has 1 aliphatic carbocycles. The van der Waals surface area contributed by atoms with E-state index in [1.807, 2.05) is 6.07 Å². The fourth-order valence-corrected chi connectivity index (χ4v) is 2.16. The number of Topliss-reactive ketones (excluding diaryl/α,β-unsaturated/α-hetero) is 1. The first-order valence-corrected chi connectivity index (χ1v) is 5.47. The molecule has 1 aromatic heterocycles. The molecule has 0 aliphatic heterocycles. The minimum atomic E-state index is 0.327. The van der Waals surface area contributed by atoms with Gasteiger partial charge in [0.05, 0.1) is 0 Å². The summed E-state index contributed by atoms with van der Waals surface area (Å²) in [7, 11) is 0. The summed E-state index contributed by atoms with van der Waals surface area (Å²) in [4.78, 5) is 11.6. The highest BCUT2D eigenvalue weighted by molar-refractivity contribution is 5.98. The van der Waals surface area contributed by atoms with E-state index in [4.69, 9.17) is 0 Å². The van der Waals surface area contributed by atoms with Gasteiger partial charge in [-0.05, 0) is 32.3 Å². The Kier molecular flexibility index (Phi) is 2.44. The van der Waals surface area contributed by atoms with E-state index in [0.717, 1.165) is 31.2 Å². The van der Waals surface area contributed by atoms with Crippen LogP contribution < -0.4 is 0 Å². The van der Waals surface area contributed by atoms with Crippen LogP contribution in [0.1, 0.15) is 55.2 Å². The van der Waals surface area contributed by atoms with Crippen molar-refractivity contribution in [2.45, 2.75) is 45.6 Å². The van der Waals surface area contributed by atoms with E-state index < -0.39 is 0 Å². The van der Waals surface area contributed by atoms with E-state index in [9.17, 15) is 4.79 Å². The molecular weight excluding hydrogens is 174 g/mol. The zero-order chi connectivity index (χ0) is 10.1. The zero-order valence-corrected chi connectivity index (χ0v) is 8.92. The molecule has 0 aromatic carbocycles. The molecule has 0 fully saturated rings. The van der Waals surface area contributed by atoms with Gasteiger partial charge in [-0.1, -0.05) is 6.92 Å². The van der Waals surface area contributed by atoms with Crippen LogP contribution in [0.15, 0.2) is 12.3 Å². The third-order valence-corrected chi connectivity index (χ3v) is 3.21. The third-order valence-electron chi connectivity index (χ3n) is 3.21. The molecule has 76 valence electrons. The lowest BCUT2D eigenvalue weighted by atomic mass is 9.96. The molecule has 1 atom stereocenters. The molecule has 0 saturated carbocycles. The van der Waals surface area contributed by atoms with E-state index in [-0.39, 0.29) is 0 Å². The predicted molar refractivity (Wildman–Crippen MR) is 56.7 cm³/mol. The van der Waals surface area contributed by atoms with Crippen molar-refractivity contribution in [3.05, 3.63) is 23.5 Å². The van der Waals surface area contributed by atoms with Gasteiger partial charge in [0.1, 0.15) is 0 Å². The van der Waals surface area contributed by atoms with Gasteiger partial charge < -0.3 is 4.57 Å². The minimum absolute atomic E-state index is 0.327. The number of ketones is 1. The van der Waals surface area contributed by atoms with Crippen molar-refractivity contribution >= 4 is 5.78 Å². The Bertz CT molecular complexity index is 351. The first-order valence-electron chi connectivity index (χ1n) is 5.47. The molecule has 1 unspecified atom stereocenters. The van der Waals surface area contributed by atoms with E-state index in [2.05, 4.69) is 24.6 Å². The number of fused-ring (bicyclic) bond motifs is 1. The quantitative estimate of drug-likeness (QED) is 0.704. The lowest BCUT2D eigenvalue weighted by Gasteiger charge is -2.19. The largest absolute Gasteiger partial charge is 0.348 e. The first kappa shape index (κ1) is 9.50. The van der Waals surface area contributed by atoms with Crippen molar-refractivity contribution in [2.24, 2.45) is 0 Å². The SMILES string of the molecule is CCC(C)n1ccc2c1CCCC2=O. The molecule has 2 nitrogen and oxygen atoms in total. The Hall–Kier alpha value is -1.05. The molecule has 1 aliphatic rings. The molecule has 14 heavy (non-hydrogen) atoms. The molecule has 1 aromatic rings. The van der Waals surface area contributed by atoms with E-state index in [0.29, 0.717) is 11.8 Å². The van der Waals surface area contributed by atoms with Crippen molar-refractivity contribution in [1.29, 1.82) is 0 Å². The van der Waals surface area contributed by atoms with Gasteiger partial charge in [0.2, 0.25) is 0 Å². The maximum absolute atomic E-state index is 11.6.